The fourth-order valence-electron chi connectivity index (χ4n) is 5.18. The van der Waals surface area contributed by atoms with Crippen LogP contribution in [0.15, 0.2) is 42.5 Å². The SMILES string of the molecule is COCC(=O)Nc1cc(C(=O)N(CC2CCC2)C[C@H]2CCCO2)cc2nc(-c3ccccc3)n(C)c12. The minimum absolute atomic E-state index is 0.0477. The molecule has 1 N–H and O–H groups in total. The summed E-state index contributed by atoms with van der Waals surface area (Å²) in [4.78, 5) is 33.2. The number of carbonyl (C=O) groups is 2. The van der Waals surface area contributed by atoms with Crippen molar-refractivity contribution >= 4 is 28.5 Å². The molecular weight excluding hydrogens is 456 g/mol. The van der Waals surface area contributed by atoms with E-state index in [1.165, 1.54) is 13.5 Å². The predicted molar refractivity (Wildman–Crippen MR) is 139 cm³/mol. The van der Waals surface area contributed by atoms with Gasteiger partial charge in [0.05, 0.1) is 22.8 Å². The molecule has 2 aliphatic rings. The molecule has 8 heteroatoms. The molecule has 1 saturated carbocycles. The number of amides is 2. The standard InChI is InChI=1S/C28H34N4O4/c1-31-26-23(29-25(33)18-35-2)14-21(15-24(26)30-27(31)20-10-4-3-5-11-20)28(34)32(16-19-8-6-9-19)17-22-12-7-13-36-22/h3-5,10-11,14-15,19,22H,6-9,12-13,16-18H2,1-2H3,(H,29,33)/t22-/m1/s1. The van der Waals surface area contributed by atoms with Crippen LogP contribution in [0.25, 0.3) is 22.4 Å². The highest BCUT2D eigenvalue weighted by molar-refractivity contribution is 6.06. The number of methoxy groups -OCH3 is 1. The Kier molecular flexibility index (Phi) is 7.34. The van der Waals surface area contributed by atoms with E-state index in [4.69, 9.17) is 14.5 Å². The third-order valence-electron chi connectivity index (χ3n) is 7.24. The molecule has 1 aliphatic carbocycles. The number of benzene rings is 2. The second-order valence-electron chi connectivity index (χ2n) is 9.88. The summed E-state index contributed by atoms with van der Waals surface area (Å²) in [7, 11) is 3.40. The van der Waals surface area contributed by atoms with Crippen LogP contribution in [0.1, 0.15) is 42.5 Å². The lowest BCUT2D eigenvalue weighted by molar-refractivity contribution is -0.119. The minimum atomic E-state index is -0.281. The van der Waals surface area contributed by atoms with Crippen LogP contribution in [0.5, 0.6) is 0 Å². The summed E-state index contributed by atoms with van der Waals surface area (Å²) in [6.45, 7) is 2.01. The lowest BCUT2D eigenvalue weighted by atomic mass is 9.85. The molecule has 0 spiro atoms. The van der Waals surface area contributed by atoms with Crippen LogP contribution >= 0.6 is 0 Å². The third-order valence-corrected chi connectivity index (χ3v) is 7.24. The van der Waals surface area contributed by atoms with Gasteiger partial charge in [0.1, 0.15) is 12.4 Å². The Morgan fingerprint density at radius 1 is 1.14 bits per heavy atom. The zero-order valence-electron chi connectivity index (χ0n) is 21.0. The summed E-state index contributed by atoms with van der Waals surface area (Å²) in [5.74, 6) is 0.979. The summed E-state index contributed by atoms with van der Waals surface area (Å²) >= 11 is 0. The van der Waals surface area contributed by atoms with Crippen LogP contribution in [0.4, 0.5) is 5.69 Å². The first-order valence-corrected chi connectivity index (χ1v) is 12.8. The summed E-state index contributed by atoms with van der Waals surface area (Å²) in [6.07, 6.45) is 5.64. The lowest BCUT2D eigenvalue weighted by Crippen LogP contribution is -2.41. The Morgan fingerprint density at radius 2 is 1.94 bits per heavy atom. The summed E-state index contributed by atoms with van der Waals surface area (Å²) in [6, 6.07) is 13.5. The van der Waals surface area contributed by atoms with E-state index >= 15 is 0 Å². The number of ether oxygens (including phenoxy) is 2. The van der Waals surface area contributed by atoms with Gasteiger partial charge in [0, 0.05) is 45.0 Å². The van der Waals surface area contributed by atoms with Crippen LogP contribution in [-0.2, 0) is 21.3 Å². The maximum absolute atomic E-state index is 13.9. The molecule has 2 amide bonds. The Bertz CT molecular complexity index is 1230. The van der Waals surface area contributed by atoms with E-state index in [2.05, 4.69) is 5.32 Å². The number of rotatable bonds is 9. The Hall–Kier alpha value is -3.23. The highest BCUT2D eigenvalue weighted by Gasteiger charge is 2.29. The number of aryl methyl sites for hydroxylation is 1. The number of hydrogen-bond acceptors (Lipinski definition) is 5. The molecule has 0 radical (unpaired) electrons. The summed E-state index contributed by atoms with van der Waals surface area (Å²) < 4.78 is 12.8. The van der Waals surface area contributed by atoms with Crippen molar-refractivity contribution < 1.29 is 19.1 Å². The van der Waals surface area contributed by atoms with Crippen molar-refractivity contribution in [3.63, 3.8) is 0 Å². The number of fused-ring (bicyclic) bond motifs is 1. The van der Waals surface area contributed by atoms with Crippen molar-refractivity contribution in [2.24, 2.45) is 13.0 Å². The van der Waals surface area contributed by atoms with E-state index in [0.29, 0.717) is 29.2 Å². The molecule has 36 heavy (non-hydrogen) atoms. The first-order chi connectivity index (χ1) is 17.5. The molecule has 8 nitrogen and oxygen atoms in total. The van der Waals surface area contributed by atoms with E-state index in [1.54, 1.807) is 6.07 Å². The van der Waals surface area contributed by atoms with Gasteiger partial charge in [0.25, 0.3) is 5.91 Å². The van der Waals surface area contributed by atoms with Crippen molar-refractivity contribution in [2.75, 3.05) is 38.7 Å². The van der Waals surface area contributed by atoms with Crippen LogP contribution in [-0.4, -0.2) is 65.8 Å². The Labute approximate surface area is 211 Å². The van der Waals surface area contributed by atoms with Crippen molar-refractivity contribution in [1.82, 2.24) is 14.5 Å². The highest BCUT2D eigenvalue weighted by Crippen LogP contribution is 2.32. The number of carbonyl (C=O) groups excluding carboxylic acids is 2. The van der Waals surface area contributed by atoms with Gasteiger partial charge in [-0.15, -0.1) is 0 Å². The molecule has 2 fully saturated rings. The third kappa shape index (κ3) is 5.15. The molecule has 5 rings (SSSR count). The molecule has 1 atom stereocenters. The van der Waals surface area contributed by atoms with Crippen LogP contribution in [0, 0.1) is 5.92 Å². The summed E-state index contributed by atoms with van der Waals surface area (Å²) in [5, 5.41) is 2.94. The fourth-order valence-corrected chi connectivity index (χ4v) is 5.18. The normalized spacial score (nSPS) is 17.8. The highest BCUT2D eigenvalue weighted by atomic mass is 16.5. The van der Waals surface area contributed by atoms with Gasteiger partial charge < -0.3 is 24.3 Å². The molecule has 1 saturated heterocycles. The van der Waals surface area contributed by atoms with Gasteiger partial charge in [-0.3, -0.25) is 9.59 Å². The number of nitrogens with one attached hydrogen (secondary N) is 1. The topological polar surface area (TPSA) is 85.7 Å². The average molecular weight is 491 g/mol. The first kappa shape index (κ1) is 24.5. The minimum Gasteiger partial charge on any atom is -0.376 e. The van der Waals surface area contributed by atoms with Gasteiger partial charge in [-0.05, 0) is 43.7 Å². The van der Waals surface area contributed by atoms with E-state index in [-0.39, 0.29) is 24.5 Å². The molecule has 1 aromatic heterocycles. The second-order valence-corrected chi connectivity index (χ2v) is 9.88. The molecule has 0 unspecified atom stereocenters. The van der Waals surface area contributed by atoms with Gasteiger partial charge in [-0.25, -0.2) is 4.98 Å². The van der Waals surface area contributed by atoms with Gasteiger partial charge in [0.15, 0.2) is 0 Å². The average Bonchev–Trinajstić information content (AvgIpc) is 3.48. The predicted octanol–water partition coefficient (Wildman–Crippen LogP) is 4.25. The van der Waals surface area contributed by atoms with Gasteiger partial charge in [0.2, 0.25) is 5.91 Å². The van der Waals surface area contributed by atoms with Crippen LogP contribution in [0.2, 0.25) is 0 Å². The zero-order valence-corrected chi connectivity index (χ0v) is 21.0. The van der Waals surface area contributed by atoms with Gasteiger partial charge in [-0.2, -0.15) is 0 Å². The van der Waals surface area contributed by atoms with E-state index < -0.39 is 0 Å². The van der Waals surface area contributed by atoms with Gasteiger partial charge >= 0.3 is 0 Å². The second kappa shape index (κ2) is 10.8. The molecule has 2 aromatic carbocycles. The van der Waals surface area contributed by atoms with E-state index in [9.17, 15) is 9.59 Å². The quantitative estimate of drug-likeness (QED) is 0.485. The van der Waals surface area contributed by atoms with Gasteiger partial charge in [-0.1, -0.05) is 36.8 Å². The molecule has 2 heterocycles. The molecule has 0 bridgehead atoms. The number of anilines is 1. The zero-order chi connectivity index (χ0) is 25.1. The van der Waals surface area contributed by atoms with E-state index in [0.717, 1.165) is 55.7 Å². The van der Waals surface area contributed by atoms with Crippen LogP contribution < -0.4 is 5.32 Å². The Morgan fingerprint density at radius 3 is 2.61 bits per heavy atom. The molecular formula is C28H34N4O4. The number of hydrogen-bond donors (Lipinski definition) is 1. The smallest absolute Gasteiger partial charge is 0.254 e. The first-order valence-electron chi connectivity index (χ1n) is 12.8. The molecule has 190 valence electrons. The van der Waals surface area contributed by atoms with Crippen molar-refractivity contribution in [3.8, 4) is 11.4 Å². The molecule has 1 aliphatic heterocycles. The maximum Gasteiger partial charge on any atom is 0.254 e. The monoisotopic (exact) mass is 490 g/mol. The number of nitrogens with zero attached hydrogens (tertiary/aromatic N) is 3. The molecule has 3 aromatic rings. The van der Waals surface area contributed by atoms with Crippen LogP contribution in [0.3, 0.4) is 0 Å². The fraction of sp³-hybridized carbons (Fsp3) is 0.464. The summed E-state index contributed by atoms with van der Waals surface area (Å²) in [5.41, 5.74) is 3.46. The Balaban J connectivity index is 1.54. The number of imidazole rings is 1. The van der Waals surface area contributed by atoms with Crippen molar-refractivity contribution in [3.05, 3.63) is 48.0 Å². The number of aromatic nitrogens is 2. The van der Waals surface area contributed by atoms with E-state index in [1.807, 2.05) is 52.9 Å². The van der Waals surface area contributed by atoms with Crippen molar-refractivity contribution in [2.45, 2.75) is 38.2 Å². The largest absolute Gasteiger partial charge is 0.376 e. The van der Waals surface area contributed by atoms with Crippen molar-refractivity contribution in [1.29, 1.82) is 0 Å². The lowest BCUT2D eigenvalue weighted by Gasteiger charge is -2.33. The maximum atomic E-state index is 13.9.